The van der Waals surface area contributed by atoms with Gasteiger partial charge in [-0.25, -0.2) is 0 Å². The van der Waals surface area contributed by atoms with Crippen molar-refractivity contribution in [3.8, 4) is 0 Å². The van der Waals surface area contributed by atoms with Crippen LogP contribution in [0.5, 0.6) is 0 Å². The van der Waals surface area contributed by atoms with Gasteiger partial charge in [-0.1, -0.05) is 76.7 Å². The summed E-state index contributed by atoms with van der Waals surface area (Å²) in [4.78, 5) is 189. The normalized spacial score (nSPS) is 31.5. The average molecular weight is 1440 g/mol. The zero-order valence-corrected chi connectivity index (χ0v) is 62.7. The van der Waals surface area contributed by atoms with E-state index in [1.54, 1.807) is 32.8 Å². The third-order valence-electron chi connectivity index (χ3n) is 21.4. The second-order valence-electron chi connectivity index (χ2n) is 28.9. The van der Waals surface area contributed by atoms with E-state index in [1.807, 2.05) is 27.7 Å². The van der Waals surface area contributed by atoms with Crippen molar-refractivity contribution in [2.24, 2.45) is 23.7 Å². The Kier molecular flexibility index (Phi) is 31.2. The summed E-state index contributed by atoms with van der Waals surface area (Å²) < 4.78 is 5.66. The van der Waals surface area contributed by atoms with E-state index in [4.69, 9.17) is 16.3 Å². The number of alkyl halides is 2. The molecule has 27 heteroatoms. The number of carbonyl (C=O) groups excluding carboxylic acids is 12. The Morgan fingerprint density at radius 1 is 0.667 bits per heavy atom. The largest absolute Gasteiger partial charge is 0.381 e. The number of unbranched alkanes of at least 4 members (excludes halogenated alkanes) is 1. The molecule has 5 fully saturated rings. The molecule has 3 unspecified atom stereocenters. The van der Waals surface area contributed by atoms with Gasteiger partial charge in [-0.15, -0.1) is 11.6 Å². The molecular formula is C69H116BrClN12O13. The van der Waals surface area contributed by atoms with Crippen LogP contribution in [0.3, 0.4) is 0 Å². The number of hydrogen-bond donors (Lipinski definition) is 4. The first-order chi connectivity index (χ1) is 45.1. The predicted molar refractivity (Wildman–Crippen MR) is 370 cm³/mol. The Balaban J connectivity index is 1.61. The lowest BCUT2D eigenvalue weighted by molar-refractivity contribution is -0.160. The van der Waals surface area contributed by atoms with Crippen LogP contribution in [-0.2, 0) is 62.3 Å². The van der Waals surface area contributed by atoms with Crippen LogP contribution in [0.2, 0.25) is 0 Å². The molecule has 0 aromatic rings. The molecule has 0 bridgehead atoms. The number of piperidine rings is 1. The minimum atomic E-state index is -1.68. The van der Waals surface area contributed by atoms with Gasteiger partial charge in [0, 0.05) is 79.2 Å². The summed E-state index contributed by atoms with van der Waals surface area (Å²) >= 11 is 10.7. The van der Waals surface area contributed by atoms with E-state index in [0.29, 0.717) is 70.9 Å². The lowest BCUT2D eigenvalue weighted by Crippen LogP contribution is -2.65. The molecule has 544 valence electrons. The molecule has 3 aliphatic heterocycles. The van der Waals surface area contributed by atoms with E-state index in [2.05, 4.69) is 37.2 Å². The summed E-state index contributed by atoms with van der Waals surface area (Å²) in [6.45, 7) is 16.0. The van der Waals surface area contributed by atoms with E-state index in [0.717, 1.165) is 25.7 Å². The van der Waals surface area contributed by atoms with Gasteiger partial charge in [-0.3, -0.25) is 57.5 Å². The zero-order valence-electron chi connectivity index (χ0n) is 60.3. The van der Waals surface area contributed by atoms with Crippen LogP contribution >= 0.6 is 27.5 Å². The van der Waals surface area contributed by atoms with Gasteiger partial charge in [-0.05, 0) is 147 Å². The molecule has 2 aliphatic carbocycles. The number of ether oxygens (including phenoxy) is 1. The summed E-state index contributed by atoms with van der Waals surface area (Å²) in [5, 5.41) is 11.3. The fourth-order valence-corrected chi connectivity index (χ4v) is 15.1. The van der Waals surface area contributed by atoms with Crippen LogP contribution in [-0.4, -0.2) is 262 Å². The highest BCUT2D eigenvalue weighted by Crippen LogP contribution is 2.36. The van der Waals surface area contributed by atoms with Crippen molar-refractivity contribution in [1.29, 1.82) is 0 Å². The number of rotatable bonds is 14. The first kappa shape index (κ1) is 81.0. The third kappa shape index (κ3) is 20.7. The fraction of sp³-hybridized carbons (Fsp3) is 0.826. The van der Waals surface area contributed by atoms with Gasteiger partial charge in [0.2, 0.25) is 70.9 Å². The van der Waals surface area contributed by atoms with Crippen LogP contribution < -0.4 is 21.3 Å². The van der Waals surface area contributed by atoms with Crippen LogP contribution in [0, 0.1) is 23.7 Å². The standard InChI is InChI=1S/C69H116BrClN12O13/c1-17-20-24-49-63(90)81(15)69(8,9)68(95)74-51(35-41(4)5)62(89)79(13)55(66(93)82-32-22-21-23-33-82)39-57(85)78(12)52(19-3)60(87)75-58(42(6)18-2)67(94)77(11)43(7)61(88)83-34-31-53(83)65(92)80(14)54(36-44-25-28-47(96-16)29-26-44)64(91)76(10)40-56(84)72-50(59(86)73-49)38-45-37-46(70)27-30-48(45)71/h41-55,58H,17-40H2,1-16H3,(H,72,84)(H,73,86)(H,74,95)(H,75,87)/t42-,43-,44?,45?,46?,47?,48?,49-,50-,51-,52-,53-,54-,55-,58-/m0/s1. The smallest absolute Gasteiger partial charge is 0.246 e. The van der Waals surface area contributed by atoms with Crippen molar-refractivity contribution in [2.75, 3.05) is 75.6 Å². The maximum atomic E-state index is 15.1. The maximum absolute atomic E-state index is 15.1. The molecule has 2 saturated carbocycles. The van der Waals surface area contributed by atoms with Crippen LogP contribution in [0.4, 0.5) is 0 Å². The summed E-state index contributed by atoms with van der Waals surface area (Å²) in [6.07, 6.45) is 9.16. The maximum Gasteiger partial charge on any atom is 0.246 e. The number of hydrogen-bond acceptors (Lipinski definition) is 13. The Morgan fingerprint density at radius 3 is 1.89 bits per heavy atom. The van der Waals surface area contributed by atoms with Crippen molar-refractivity contribution in [3.05, 3.63) is 0 Å². The SMILES string of the molecule is CCCC[C@@H]1NC(=O)[C@H](CC2CC(Br)CCC2Cl)NC(=O)CN(C)C(=O)[C@H](CC2CCC(OC)CC2)N(C)C(=O)[C@@H]2CCN2C(=O)[C@H](C)N(C)C(=O)[C@H]([C@@H](C)CC)NC(=O)[C@H](CC)N(C)C(=O)C[C@@H](C(=O)N2CCCCC2)N(C)C(=O)[C@H](CC(C)C)NC(=O)C(C)(C)N(C)C1=O. The van der Waals surface area contributed by atoms with Crippen LogP contribution in [0.1, 0.15) is 191 Å². The molecule has 0 spiro atoms. The molecular weight excluding hydrogens is 1320 g/mol. The number of methoxy groups -OCH3 is 1. The van der Waals surface area contributed by atoms with Gasteiger partial charge in [-0.2, -0.15) is 0 Å². The van der Waals surface area contributed by atoms with Crippen molar-refractivity contribution in [1.82, 2.24) is 60.5 Å². The molecule has 0 aromatic heterocycles. The van der Waals surface area contributed by atoms with Crippen LogP contribution in [0.25, 0.3) is 0 Å². The molecule has 13 atom stereocenters. The zero-order chi connectivity index (χ0) is 71.8. The molecule has 5 rings (SSSR count). The second-order valence-corrected chi connectivity index (χ2v) is 30.8. The Bertz CT molecular complexity index is 2730. The van der Waals surface area contributed by atoms with Crippen molar-refractivity contribution in [3.63, 3.8) is 0 Å². The van der Waals surface area contributed by atoms with Crippen molar-refractivity contribution >= 4 is 98.4 Å². The molecule has 3 saturated heterocycles. The Labute approximate surface area is 584 Å². The predicted octanol–water partition coefficient (Wildman–Crippen LogP) is 4.81. The summed E-state index contributed by atoms with van der Waals surface area (Å²) in [7, 11) is 10.3. The number of halogens is 2. The van der Waals surface area contributed by atoms with Crippen LogP contribution in [0.15, 0.2) is 0 Å². The lowest BCUT2D eigenvalue weighted by Gasteiger charge is -2.45. The van der Waals surface area contributed by atoms with Gasteiger partial charge in [0.15, 0.2) is 0 Å². The average Bonchev–Trinajstić information content (AvgIpc) is 0.837. The van der Waals surface area contributed by atoms with E-state index >= 15 is 14.4 Å². The number of likely N-dealkylation sites (N-methyl/N-ethyl adjacent to an activating group) is 6. The highest BCUT2D eigenvalue weighted by atomic mass is 79.9. The van der Waals surface area contributed by atoms with E-state index in [1.165, 1.54) is 90.4 Å². The number of nitrogens with zero attached hydrogens (tertiary/aromatic N) is 8. The highest BCUT2D eigenvalue weighted by molar-refractivity contribution is 9.09. The van der Waals surface area contributed by atoms with E-state index in [9.17, 15) is 43.2 Å². The quantitative estimate of drug-likeness (QED) is 0.170. The minimum absolute atomic E-state index is 0.00651. The van der Waals surface area contributed by atoms with Gasteiger partial charge in [0.1, 0.15) is 59.9 Å². The van der Waals surface area contributed by atoms with Gasteiger partial charge in [0.25, 0.3) is 0 Å². The monoisotopic (exact) mass is 1430 g/mol. The number of carbonyl (C=O) groups is 12. The molecule has 5 aliphatic rings. The highest BCUT2D eigenvalue weighted by Gasteiger charge is 2.48. The van der Waals surface area contributed by atoms with Gasteiger partial charge < -0.3 is 65.2 Å². The number of likely N-dealkylation sites (tertiary alicyclic amines) is 1. The van der Waals surface area contributed by atoms with Crippen molar-refractivity contribution in [2.45, 2.75) is 267 Å². The number of nitrogens with one attached hydrogen (secondary N) is 4. The minimum Gasteiger partial charge on any atom is -0.381 e. The fourth-order valence-electron chi connectivity index (χ4n) is 14.0. The Morgan fingerprint density at radius 2 is 1.31 bits per heavy atom. The topological polar surface area (TPSA) is 288 Å². The molecule has 12 amide bonds. The molecule has 25 nitrogen and oxygen atoms in total. The molecule has 0 radical (unpaired) electrons. The van der Waals surface area contributed by atoms with Crippen molar-refractivity contribution < 1.29 is 62.3 Å². The second kappa shape index (κ2) is 37.0. The molecule has 3 heterocycles. The lowest BCUT2D eigenvalue weighted by atomic mass is 9.82. The number of amides is 12. The molecule has 4 N–H and O–H groups in total. The van der Waals surface area contributed by atoms with Gasteiger partial charge in [0.05, 0.1) is 19.1 Å². The summed E-state index contributed by atoms with van der Waals surface area (Å²) in [5.74, 6) is -8.33. The third-order valence-corrected chi connectivity index (χ3v) is 22.8. The summed E-state index contributed by atoms with van der Waals surface area (Å²) in [6, 6.07) is -10.7. The first-order valence-corrected chi connectivity index (χ1v) is 36.7. The number of fused-ring (bicyclic) bond motifs is 1. The molecule has 0 aromatic carbocycles. The van der Waals surface area contributed by atoms with E-state index in [-0.39, 0.29) is 79.1 Å². The van der Waals surface area contributed by atoms with E-state index < -0.39 is 150 Å². The van der Waals surface area contributed by atoms with Gasteiger partial charge >= 0.3 is 0 Å². The summed E-state index contributed by atoms with van der Waals surface area (Å²) in [5.41, 5.74) is -1.68. The Hall–Kier alpha value is -5.63. The molecule has 96 heavy (non-hydrogen) atoms. The first-order valence-electron chi connectivity index (χ1n) is 35.3.